The summed E-state index contributed by atoms with van der Waals surface area (Å²) in [6.07, 6.45) is 1.13. The molecule has 0 aliphatic rings. The number of ether oxygens (including phenoxy) is 1. The lowest BCUT2D eigenvalue weighted by Crippen LogP contribution is -2.19. The first-order valence-electron chi connectivity index (χ1n) is 5.56. The smallest absolute Gasteiger partial charge is 0.490 e. The molecule has 0 aliphatic heterocycles. The Morgan fingerprint density at radius 3 is 2.70 bits per heavy atom. The van der Waals surface area contributed by atoms with Crippen LogP contribution in [0, 0.1) is 10.1 Å². The van der Waals surface area contributed by atoms with E-state index in [0.717, 1.165) is 11.0 Å². The van der Waals surface area contributed by atoms with E-state index in [1.54, 1.807) is 31.4 Å². The van der Waals surface area contributed by atoms with Gasteiger partial charge in [0.1, 0.15) is 12.3 Å². The average molecular weight is 277 g/mol. The van der Waals surface area contributed by atoms with Gasteiger partial charge in [-0.1, -0.05) is 4.98 Å². The highest BCUT2D eigenvalue weighted by Gasteiger charge is 2.15. The number of amides is 1. The van der Waals surface area contributed by atoms with Crippen LogP contribution < -0.4 is 10.1 Å². The molecule has 1 aromatic heterocycles. The van der Waals surface area contributed by atoms with Crippen LogP contribution in [-0.2, 0) is 11.3 Å². The molecule has 0 saturated carbocycles. The maximum absolute atomic E-state index is 11.7. The third kappa shape index (κ3) is 3.28. The Labute approximate surface area is 113 Å². The van der Waals surface area contributed by atoms with Crippen molar-refractivity contribution >= 4 is 17.5 Å². The van der Waals surface area contributed by atoms with Crippen LogP contribution in [0.4, 0.5) is 11.6 Å². The van der Waals surface area contributed by atoms with Gasteiger partial charge in [0.2, 0.25) is 12.2 Å². The molecule has 20 heavy (non-hydrogen) atoms. The van der Waals surface area contributed by atoms with E-state index >= 15 is 0 Å². The summed E-state index contributed by atoms with van der Waals surface area (Å²) in [6, 6.07) is 6.77. The summed E-state index contributed by atoms with van der Waals surface area (Å²) in [5.74, 6) is -0.230. The first kappa shape index (κ1) is 13.5. The standard InChI is InChI=1S/C11H11N5O4/c1-20-9-4-2-8(3-5-9)13-10(17)6-15-7-12-11(14-15)16(18)19/h2-5,7H,6H2,1H3,(H,13,17). The molecular weight excluding hydrogens is 266 g/mol. The van der Waals surface area contributed by atoms with Crippen molar-refractivity contribution in [2.24, 2.45) is 0 Å². The molecule has 0 radical (unpaired) electrons. The zero-order valence-electron chi connectivity index (χ0n) is 10.5. The summed E-state index contributed by atoms with van der Waals surface area (Å²) >= 11 is 0. The molecule has 0 spiro atoms. The van der Waals surface area contributed by atoms with Crippen LogP contribution in [0.1, 0.15) is 0 Å². The minimum Gasteiger partial charge on any atom is -0.497 e. The van der Waals surface area contributed by atoms with E-state index in [1.807, 2.05) is 0 Å². The molecule has 1 heterocycles. The Hall–Kier alpha value is -2.97. The second-order valence-corrected chi connectivity index (χ2v) is 3.78. The van der Waals surface area contributed by atoms with Crippen molar-refractivity contribution in [2.45, 2.75) is 6.54 Å². The lowest BCUT2D eigenvalue weighted by atomic mass is 10.3. The molecule has 1 amide bonds. The van der Waals surface area contributed by atoms with Gasteiger partial charge in [-0.25, -0.2) is 0 Å². The van der Waals surface area contributed by atoms with E-state index in [4.69, 9.17) is 4.74 Å². The van der Waals surface area contributed by atoms with Crippen molar-refractivity contribution in [1.29, 1.82) is 0 Å². The van der Waals surface area contributed by atoms with Gasteiger partial charge in [-0.05, 0) is 29.2 Å². The molecule has 0 atom stereocenters. The fourth-order valence-corrected chi connectivity index (χ4v) is 1.47. The summed E-state index contributed by atoms with van der Waals surface area (Å²) in [7, 11) is 1.55. The number of rotatable bonds is 5. The summed E-state index contributed by atoms with van der Waals surface area (Å²) < 4.78 is 6.09. The van der Waals surface area contributed by atoms with E-state index in [-0.39, 0.29) is 12.5 Å². The molecule has 2 rings (SSSR count). The van der Waals surface area contributed by atoms with Crippen LogP contribution in [-0.4, -0.2) is 32.7 Å². The van der Waals surface area contributed by atoms with Gasteiger partial charge in [-0.3, -0.25) is 4.79 Å². The van der Waals surface area contributed by atoms with E-state index < -0.39 is 10.9 Å². The molecule has 0 saturated heterocycles. The number of anilines is 1. The SMILES string of the molecule is COc1ccc(NC(=O)Cn2cnc([N+](=O)[O-])n2)cc1. The molecule has 9 nitrogen and oxygen atoms in total. The largest absolute Gasteiger partial charge is 0.497 e. The first-order valence-corrected chi connectivity index (χ1v) is 5.56. The van der Waals surface area contributed by atoms with Crippen molar-refractivity contribution in [3.05, 3.63) is 40.7 Å². The van der Waals surface area contributed by atoms with E-state index in [1.165, 1.54) is 0 Å². The zero-order chi connectivity index (χ0) is 14.5. The van der Waals surface area contributed by atoms with E-state index in [2.05, 4.69) is 15.4 Å². The fraction of sp³-hybridized carbons (Fsp3) is 0.182. The highest BCUT2D eigenvalue weighted by molar-refractivity contribution is 5.90. The number of aromatic nitrogens is 3. The Morgan fingerprint density at radius 2 is 2.15 bits per heavy atom. The molecular formula is C11H11N5O4. The quantitative estimate of drug-likeness (QED) is 0.640. The van der Waals surface area contributed by atoms with Crippen LogP contribution >= 0.6 is 0 Å². The van der Waals surface area contributed by atoms with Crippen molar-refractivity contribution < 1.29 is 14.5 Å². The number of nitro groups is 1. The molecule has 1 N–H and O–H groups in total. The third-order valence-corrected chi connectivity index (χ3v) is 2.37. The predicted molar refractivity (Wildman–Crippen MR) is 68.3 cm³/mol. The number of methoxy groups -OCH3 is 1. The normalized spacial score (nSPS) is 10.1. The summed E-state index contributed by atoms with van der Waals surface area (Å²) in [6.45, 7) is -0.160. The summed E-state index contributed by atoms with van der Waals surface area (Å²) in [5, 5.41) is 16.6. The van der Waals surface area contributed by atoms with Gasteiger partial charge < -0.3 is 20.2 Å². The summed E-state index contributed by atoms with van der Waals surface area (Å²) in [4.78, 5) is 24.9. The highest BCUT2D eigenvalue weighted by atomic mass is 16.6. The minimum absolute atomic E-state index is 0.160. The minimum atomic E-state index is -0.724. The maximum Gasteiger partial charge on any atom is 0.490 e. The van der Waals surface area contributed by atoms with Crippen LogP contribution in [0.25, 0.3) is 0 Å². The third-order valence-electron chi connectivity index (χ3n) is 2.37. The van der Waals surface area contributed by atoms with Crippen LogP contribution in [0.3, 0.4) is 0 Å². The molecule has 2 aromatic rings. The summed E-state index contributed by atoms with van der Waals surface area (Å²) in [5.41, 5.74) is 0.588. The van der Waals surface area contributed by atoms with Gasteiger partial charge in [-0.2, -0.15) is 4.68 Å². The zero-order valence-corrected chi connectivity index (χ0v) is 10.5. The van der Waals surface area contributed by atoms with Crippen molar-refractivity contribution in [3.8, 4) is 5.75 Å². The Morgan fingerprint density at radius 1 is 1.45 bits per heavy atom. The molecule has 9 heteroatoms. The molecule has 1 aromatic carbocycles. The van der Waals surface area contributed by atoms with Crippen molar-refractivity contribution in [1.82, 2.24) is 14.8 Å². The lowest BCUT2D eigenvalue weighted by Gasteiger charge is -2.05. The monoisotopic (exact) mass is 277 g/mol. The topological polar surface area (TPSA) is 112 Å². The fourth-order valence-electron chi connectivity index (χ4n) is 1.47. The molecule has 0 bridgehead atoms. The van der Waals surface area contributed by atoms with Crippen molar-refractivity contribution in [2.75, 3.05) is 12.4 Å². The Balaban J connectivity index is 1.95. The number of carbonyl (C=O) groups is 1. The highest BCUT2D eigenvalue weighted by Crippen LogP contribution is 2.14. The lowest BCUT2D eigenvalue weighted by molar-refractivity contribution is -0.394. The van der Waals surface area contributed by atoms with Gasteiger partial charge in [-0.15, -0.1) is 0 Å². The predicted octanol–water partition coefficient (Wildman–Crippen LogP) is 0.834. The first-order chi connectivity index (χ1) is 9.58. The molecule has 0 unspecified atom stereocenters. The Bertz CT molecular complexity index is 622. The number of hydrogen-bond donors (Lipinski definition) is 1. The maximum atomic E-state index is 11.7. The van der Waals surface area contributed by atoms with Crippen LogP contribution in [0.2, 0.25) is 0 Å². The number of nitrogens with zero attached hydrogens (tertiary/aromatic N) is 4. The Kier molecular flexibility index (Phi) is 3.89. The average Bonchev–Trinajstić information content (AvgIpc) is 2.88. The van der Waals surface area contributed by atoms with Crippen molar-refractivity contribution in [3.63, 3.8) is 0 Å². The molecule has 104 valence electrons. The number of hydrogen-bond acceptors (Lipinski definition) is 6. The van der Waals surface area contributed by atoms with E-state index in [9.17, 15) is 14.9 Å². The van der Waals surface area contributed by atoms with Crippen LogP contribution in [0.5, 0.6) is 5.75 Å². The molecule has 0 aliphatic carbocycles. The number of carbonyl (C=O) groups excluding carboxylic acids is 1. The second-order valence-electron chi connectivity index (χ2n) is 3.78. The van der Waals surface area contributed by atoms with E-state index in [0.29, 0.717) is 11.4 Å². The van der Waals surface area contributed by atoms with Gasteiger partial charge in [0, 0.05) is 10.8 Å². The van der Waals surface area contributed by atoms with Gasteiger partial charge in [0.15, 0.2) is 0 Å². The number of nitrogens with one attached hydrogen (secondary N) is 1. The van der Waals surface area contributed by atoms with Gasteiger partial charge >= 0.3 is 5.95 Å². The van der Waals surface area contributed by atoms with Crippen LogP contribution in [0.15, 0.2) is 30.6 Å². The van der Waals surface area contributed by atoms with Gasteiger partial charge in [0.05, 0.1) is 7.11 Å². The second kappa shape index (κ2) is 5.78. The van der Waals surface area contributed by atoms with Gasteiger partial charge in [0.25, 0.3) is 0 Å². The number of benzene rings is 1. The molecule has 0 fully saturated rings.